The second kappa shape index (κ2) is 5.90. The van der Waals surface area contributed by atoms with Gasteiger partial charge in [0.1, 0.15) is 0 Å². The van der Waals surface area contributed by atoms with Crippen LogP contribution in [0.2, 0.25) is 5.02 Å². The van der Waals surface area contributed by atoms with Gasteiger partial charge in [0.15, 0.2) is 5.82 Å². The van der Waals surface area contributed by atoms with Crippen LogP contribution < -0.4 is 4.31 Å². The van der Waals surface area contributed by atoms with Gasteiger partial charge in [-0.1, -0.05) is 36.9 Å². The summed E-state index contributed by atoms with van der Waals surface area (Å²) in [6.07, 6.45) is 6.35. The Balaban J connectivity index is 2.27. The monoisotopic (exact) mass is 319 g/mol. The molecule has 0 radical (unpaired) electrons. The van der Waals surface area contributed by atoms with Crippen LogP contribution in [0, 0.1) is 11.7 Å². The van der Waals surface area contributed by atoms with Crippen LogP contribution in [0.15, 0.2) is 12.1 Å². The van der Waals surface area contributed by atoms with Gasteiger partial charge < -0.3 is 0 Å². The third-order valence-electron chi connectivity index (χ3n) is 3.72. The second-order valence-corrected chi connectivity index (χ2v) is 7.86. The van der Waals surface area contributed by atoms with Gasteiger partial charge in [0.05, 0.1) is 17.0 Å². The topological polar surface area (TPSA) is 37.4 Å². The van der Waals surface area contributed by atoms with Gasteiger partial charge >= 0.3 is 0 Å². The lowest BCUT2D eigenvalue weighted by molar-refractivity contribution is 0.593. The number of rotatable bonds is 6. The molecule has 0 atom stereocenters. The summed E-state index contributed by atoms with van der Waals surface area (Å²) in [4.78, 5) is 0. The Bertz CT molecular complexity index is 599. The maximum atomic E-state index is 14.2. The van der Waals surface area contributed by atoms with Crippen molar-refractivity contribution in [2.24, 2.45) is 5.92 Å². The van der Waals surface area contributed by atoms with Crippen LogP contribution in [0.25, 0.3) is 0 Å². The lowest BCUT2D eigenvalue weighted by atomic mass is 10.0. The molecular formula is C14H19ClFNO2S. The van der Waals surface area contributed by atoms with Crippen molar-refractivity contribution in [3.05, 3.63) is 28.5 Å². The number of halogens is 2. The molecule has 20 heavy (non-hydrogen) atoms. The predicted molar refractivity (Wildman–Crippen MR) is 80.3 cm³/mol. The number of hydrogen-bond acceptors (Lipinski definition) is 2. The van der Waals surface area contributed by atoms with E-state index in [0.29, 0.717) is 12.0 Å². The van der Waals surface area contributed by atoms with Crippen molar-refractivity contribution < 1.29 is 12.8 Å². The summed E-state index contributed by atoms with van der Waals surface area (Å²) < 4.78 is 38.5. The minimum Gasteiger partial charge on any atom is -0.270 e. The lowest BCUT2D eigenvalue weighted by Crippen LogP contribution is -2.27. The predicted octanol–water partition coefficient (Wildman–Crippen LogP) is 3.61. The van der Waals surface area contributed by atoms with Crippen molar-refractivity contribution in [2.45, 2.75) is 32.1 Å². The second-order valence-electron chi connectivity index (χ2n) is 5.44. The van der Waals surface area contributed by atoms with E-state index in [1.807, 2.05) is 0 Å². The summed E-state index contributed by atoms with van der Waals surface area (Å²) in [5.41, 5.74) is 0.774. The van der Waals surface area contributed by atoms with Crippen molar-refractivity contribution in [3.8, 4) is 0 Å². The summed E-state index contributed by atoms with van der Waals surface area (Å²) in [5, 5.41) is -0.0542. The fourth-order valence-corrected chi connectivity index (χ4v) is 2.96. The quantitative estimate of drug-likeness (QED) is 0.803. The van der Waals surface area contributed by atoms with Crippen LogP contribution >= 0.6 is 11.6 Å². The molecule has 1 saturated carbocycles. The minimum atomic E-state index is -3.51. The van der Waals surface area contributed by atoms with E-state index < -0.39 is 15.8 Å². The van der Waals surface area contributed by atoms with E-state index in [2.05, 4.69) is 0 Å². The molecule has 2 rings (SSSR count). The van der Waals surface area contributed by atoms with E-state index in [9.17, 15) is 12.8 Å². The first-order valence-electron chi connectivity index (χ1n) is 6.71. The molecule has 3 nitrogen and oxygen atoms in total. The van der Waals surface area contributed by atoms with Gasteiger partial charge in [-0.2, -0.15) is 0 Å². The molecule has 0 bridgehead atoms. The van der Waals surface area contributed by atoms with Gasteiger partial charge in [0.25, 0.3) is 0 Å². The average Bonchev–Trinajstić information content (AvgIpc) is 3.16. The smallest absolute Gasteiger partial charge is 0.232 e. The SMILES string of the molecule is CN(c1c(CCCC2CC2)ccc(Cl)c1F)S(C)(=O)=O. The van der Waals surface area contributed by atoms with Crippen molar-refractivity contribution in [2.75, 3.05) is 17.6 Å². The summed E-state index contributed by atoms with van der Waals surface area (Å²) in [6, 6.07) is 3.21. The summed E-state index contributed by atoms with van der Waals surface area (Å²) in [5.74, 6) is 0.145. The van der Waals surface area contributed by atoms with Crippen molar-refractivity contribution in [3.63, 3.8) is 0 Å². The fourth-order valence-electron chi connectivity index (χ4n) is 2.28. The fraction of sp³-hybridized carbons (Fsp3) is 0.571. The van der Waals surface area contributed by atoms with Crippen LogP contribution in [0.3, 0.4) is 0 Å². The molecule has 1 aromatic carbocycles. The molecule has 0 aromatic heterocycles. The van der Waals surface area contributed by atoms with Crippen LogP contribution in [0.1, 0.15) is 31.2 Å². The van der Waals surface area contributed by atoms with Gasteiger partial charge in [-0.25, -0.2) is 12.8 Å². The van der Waals surface area contributed by atoms with E-state index in [1.165, 1.54) is 26.0 Å². The van der Waals surface area contributed by atoms with E-state index in [0.717, 1.165) is 29.3 Å². The number of benzene rings is 1. The molecule has 0 heterocycles. The molecular weight excluding hydrogens is 301 g/mol. The molecule has 1 fully saturated rings. The van der Waals surface area contributed by atoms with Gasteiger partial charge in [0, 0.05) is 7.05 Å². The Morgan fingerprint density at radius 2 is 2.05 bits per heavy atom. The molecule has 6 heteroatoms. The van der Waals surface area contributed by atoms with Crippen LogP contribution in [-0.2, 0) is 16.4 Å². The zero-order valence-electron chi connectivity index (χ0n) is 11.7. The zero-order valence-corrected chi connectivity index (χ0v) is 13.3. The van der Waals surface area contributed by atoms with Crippen molar-refractivity contribution in [1.29, 1.82) is 0 Å². The van der Waals surface area contributed by atoms with Gasteiger partial charge in [0.2, 0.25) is 10.0 Å². The first-order valence-corrected chi connectivity index (χ1v) is 8.94. The highest BCUT2D eigenvalue weighted by Gasteiger charge is 2.23. The summed E-state index contributed by atoms with van der Waals surface area (Å²) in [6.45, 7) is 0. The van der Waals surface area contributed by atoms with E-state index in [4.69, 9.17) is 11.6 Å². The molecule has 0 amide bonds. The molecule has 1 aromatic rings. The number of sulfonamides is 1. The van der Waals surface area contributed by atoms with Gasteiger partial charge in [-0.3, -0.25) is 4.31 Å². The third kappa shape index (κ3) is 3.64. The molecule has 112 valence electrons. The molecule has 0 unspecified atom stereocenters. The standard InChI is InChI=1S/C14H19ClFNO2S/c1-17(20(2,18)19)14-11(5-3-4-10-6-7-10)8-9-12(15)13(14)16/h8-10H,3-7H2,1-2H3. The first kappa shape index (κ1) is 15.6. The van der Waals surface area contributed by atoms with Crippen molar-refractivity contribution >= 4 is 27.3 Å². The molecule has 1 aliphatic carbocycles. The first-order chi connectivity index (χ1) is 9.30. The zero-order chi connectivity index (χ0) is 14.9. The average molecular weight is 320 g/mol. The minimum absolute atomic E-state index is 0.0542. The van der Waals surface area contributed by atoms with Gasteiger partial charge in [-0.15, -0.1) is 0 Å². The molecule has 1 aliphatic rings. The van der Waals surface area contributed by atoms with E-state index in [1.54, 1.807) is 6.07 Å². The van der Waals surface area contributed by atoms with Crippen LogP contribution in [0.5, 0.6) is 0 Å². The highest BCUT2D eigenvalue weighted by atomic mass is 35.5. The number of aryl methyl sites for hydroxylation is 1. The molecule has 0 aliphatic heterocycles. The Morgan fingerprint density at radius 3 is 2.60 bits per heavy atom. The Labute approximate surface area is 124 Å². The summed E-state index contributed by atoms with van der Waals surface area (Å²) in [7, 11) is -2.16. The Hall–Kier alpha value is -0.810. The van der Waals surface area contributed by atoms with Crippen molar-refractivity contribution in [1.82, 2.24) is 0 Å². The van der Waals surface area contributed by atoms with Crippen LogP contribution in [-0.4, -0.2) is 21.7 Å². The highest BCUT2D eigenvalue weighted by Crippen LogP contribution is 2.36. The number of nitrogens with zero attached hydrogens (tertiary/aromatic N) is 1. The third-order valence-corrected chi connectivity index (χ3v) is 5.19. The maximum absolute atomic E-state index is 14.2. The Morgan fingerprint density at radius 1 is 1.40 bits per heavy atom. The van der Waals surface area contributed by atoms with E-state index >= 15 is 0 Å². The maximum Gasteiger partial charge on any atom is 0.232 e. The normalized spacial score (nSPS) is 15.4. The lowest BCUT2D eigenvalue weighted by Gasteiger charge is -2.21. The molecule has 0 saturated heterocycles. The van der Waals surface area contributed by atoms with Crippen LogP contribution in [0.4, 0.5) is 10.1 Å². The molecule has 0 N–H and O–H groups in total. The Kier molecular flexibility index (Phi) is 4.59. The number of hydrogen-bond donors (Lipinski definition) is 0. The van der Waals surface area contributed by atoms with E-state index in [-0.39, 0.29) is 10.7 Å². The largest absolute Gasteiger partial charge is 0.270 e. The van der Waals surface area contributed by atoms with Gasteiger partial charge in [-0.05, 0) is 30.4 Å². The summed E-state index contributed by atoms with van der Waals surface area (Å²) >= 11 is 5.78. The molecule has 0 spiro atoms. The number of anilines is 1. The highest BCUT2D eigenvalue weighted by molar-refractivity contribution is 7.92.